The summed E-state index contributed by atoms with van der Waals surface area (Å²) in [4.78, 5) is 12.3. The van der Waals surface area contributed by atoms with E-state index in [1.165, 1.54) is 0 Å². The Morgan fingerprint density at radius 1 is 1.20 bits per heavy atom. The number of halogens is 3. The zero-order valence-corrected chi connectivity index (χ0v) is 13.8. The zero-order chi connectivity index (χ0) is 14.7. The van der Waals surface area contributed by atoms with E-state index < -0.39 is 0 Å². The van der Waals surface area contributed by atoms with Crippen LogP contribution in [-0.2, 0) is 6.42 Å². The van der Waals surface area contributed by atoms with Crippen LogP contribution in [0.4, 0.5) is 5.69 Å². The SMILES string of the molecule is CCc1cc(Br)ccc1NC(=O)c1cc(Cl)ccc1Cl. The first kappa shape index (κ1) is 15.4. The fourth-order valence-corrected chi connectivity index (χ4v) is 2.62. The maximum Gasteiger partial charge on any atom is 0.257 e. The smallest absolute Gasteiger partial charge is 0.257 e. The van der Waals surface area contributed by atoms with E-state index in [0.29, 0.717) is 15.6 Å². The third-order valence-electron chi connectivity index (χ3n) is 2.87. The van der Waals surface area contributed by atoms with E-state index in [1.807, 2.05) is 25.1 Å². The third kappa shape index (κ3) is 3.54. The Hall–Kier alpha value is -1.03. The molecule has 0 aliphatic rings. The molecule has 0 atom stereocenters. The van der Waals surface area contributed by atoms with E-state index in [0.717, 1.165) is 22.1 Å². The lowest BCUT2D eigenvalue weighted by Crippen LogP contribution is -2.13. The zero-order valence-electron chi connectivity index (χ0n) is 10.7. The number of carbonyl (C=O) groups excluding carboxylic acids is 1. The molecule has 0 aliphatic heterocycles. The lowest BCUT2D eigenvalue weighted by Gasteiger charge is -2.11. The summed E-state index contributed by atoms with van der Waals surface area (Å²) in [6, 6.07) is 10.5. The van der Waals surface area contributed by atoms with E-state index in [1.54, 1.807) is 18.2 Å². The maximum atomic E-state index is 12.3. The van der Waals surface area contributed by atoms with Gasteiger partial charge in [0.2, 0.25) is 0 Å². The molecular weight excluding hydrogens is 361 g/mol. The van der Waals surface area contributed by atoms with Crippen molar-refractivity contribution in [3.8, 4) is 0 Å². The second-order valence-electron chi connectivity index (χ2n) is 4.23. The second-order valence-corrected chi connectivity index (χ2v) is 5.99. The summed E-state index contributed by atoms with van der Waals surface area (Å²) in [6.45, 7) is 2.03. The second kappa shape index (κ2) is 6.61. The normalized spacial score (nSPS) is 10.4. The van der Waals surface area contributed by atoms with Crippen molar-refractivity contribution < 1.29 is 4.79 Å². The van der Waals surface area contributed by atoms with Gasteiger partial charge in [0.1, 0.15) is 0 Å². The molecule has 2 aromatic carbocycles. The van der Waals surface area contributed by atoms with Crippen LogP contribution >= 0.6 is 39.1 Å². The Morgan fingerprint density at radius 3 is 2.65 bits per heavy atom. The molecule has 104 valence electrons. The van der Waals surface area contributed by atoms with Gasteiger partial charge >= 0.3 is 0 Å². The van der Waals surface area contributed by atoms with Crippen LogP contribution in [0.5, 0.6) is 0 Å². The summed E-state index contributed by atoms with van der Waals surface area (Å²) in [5, 5.41) is 3.72. The van der Waals surface area contributed by atoms with Gasteiger partial charge < -0.3 is 5.32 Å². The van der Waals surface area contributed by atoms with E-state index >= 15 is 0 Å². The summed E-state index contributed by atoms with van der Waals surface area (Å²) < 4.78 is 0.980. The minimum absolute atomic E-state index is 0.269. The third-order valence-corrected chi connectivity index (χ3v) is 3.93. The molecule has 0 bridgehead atoms. The predicted octanol–water partition coefficient (Wildman–Crippen LogP) is 5.57. The van der Waals surface area contributed by atoms with Crippen LogP contribution in [0.15, 0.2) is 40.9 Å². The van der Waals surface area contributed by atoms with Gasteiger partial charge in [0.15, 0.2) is 0 Å². The number of nitrogens with one attached hydrogen (secondary N) is 1. The summed E-state index contributed by atoms with van der Waals surface area (Å²) in [5.74, 6) is -0.269. The number of aryl methyl sites for hydroxylation is 1. The first-order valence-corrected chi connectivity index (χ1v) is 7.61. The number of carbonyl (C=O) groups is 1. The van der Waals surface area contributed by atoms with Crippen molar-refractivity contribution in [1.29, 1.82) is 0 Å². The molecule has 2 rings (SSSR count). The molecular formula is C15H12BrCl2NO. The largest absolute Gasteiger partial charge is 0.322 e. The number of benzene rings is 2. The van der Waals surface area contributed by atoms with Crippen LogP contribution < -0.4 is 5.32 Å². The fourth-order valence-electron chi connectivity index (χ4n) is 1.84. The van der Waals surface area contributed by atoms with Gasteiger partial charge in [0.25, 0.3) is 5.91 Å². The topological polar surface area (TPSA) is 29.1 Å². The fraction of sp³-hybridized carbons (Fsp3) is 0.133. The van der Waals surface area contributed by atoms with Crippen molar-refractivity contribution in [3.63, 3.8) is 0 Å². The maximum absolute atomic E-state index is 12.3. The molecule has 0 aromatic heterocycles. The number of rotatable bonds is 3. The molecule has 0 saturated carbocycles. The highest BCUT2D eigenvalue weighted by Crippen LogP contribution is 2.25. The summed E-state index contributed by atoms with van der Waals surface area (Å²) in [5.41, 5.74) is 2.19. The molecule has 20 heavy (non-hydrogen) atoms. The van der Waals surface area contributed by atoms with Gasteiger partial charge in [-0.3, -0.25) is 4.79 Å². The molecule has 0 aliphatic carbocycles. The van der Waals surface area contributed by atoms with E-state index in [4.69, 9.17) is 23.2 Å². The molecule has 2 aromatic rings. The van der Waals surface area contributed by atoms with Gasteiger partial charge in [-0.05, 0) is 48.4 Å². The minimum Gasteiger partial charge on any atom is -0.322 e. The lowest BCUT2D eigenvalue weighted by atomic mass is 10.1. The van der Waals surface area contributed by atoms with Crippen molar-refractivity contribution in [2.75, 3.05) is 5.32 Å². The Balaban J connectivity index is 2.30. The van der Waals surface area contributed by atoms with Gasteiger partial charge in [0.05, 0.1) is 10.6 Å². The van der Waals surface area contributed by atoms with Gasteiger partial charge in [-0.2, -0.15) is 0 Å². The molecule has 0 fully saturated rings. The Kier molecular flexibility index (Phi) is 5.08. The monoisotopic (exact) mass is 371 g/mol. The van der Waals surface area contributed by atoms with Crippen molar-refractivity contribution in [2.24, 2.45) is 0 Å². The standard InChI is InChI=1S/C15H12BrCl2NO/c1-2-9-7-10(16)3-6-14(9)19-15(20)12-8-11(17)4-5-13(12)18/h3-8H,2H2,1H3,(H,19,20). The van der Waals surface area contributed by atoms with E-state index in [9.17, 15) is 4.79 Å². The molecule has 2 nitrogen and oxygen atoms in total. The average Bonchev–Trinajstić information content (AvgIpc) is 2.43. The molecule has 0 radical (unpaired) electrons. The summed E-state index contributed by atoms with van der Waals surface area (Å²) in [7, 11) is 0. The van der Waals surface area contributed by atoms with Crippen molar-refractivity contribution in [3.05, 3.63) is 62.0 Å². The number of hydrogen-bond acceptors (Lipinski definition) is 1. The van der Waals surface area contributed by atoms with Gasteiger partial charge in [-0.25, -0.2) is 0 Å². The highest BCUT2D eigenvalue weighted by atomic mass is 79.9. The average molecular weight is 373 g/mol. The highest BCUT2D eigenvalue weighted by molar-refractivity contribution is 9.10. The summed E-state index contributed by atoms with van der Waals surface area (Å²) >= 11 is 15.3. The highest BCUT2D eigenvalue weighted by Gasteiger charge is 2.13. The first-order valence-electron chi connectivity index (χ1n) is 6.06. The van der Waals surface area contributed by atoms with E-state index in [-0.39, 0.29) is 5.91 Å². The van der Waals surface area contributed by atoms with Crippen LogP contribution in [0.2, 0.25) is 10.0 Å². The molecule has 1 amide bonds. The molecule has 0 unspecified atom stereocenters. The Labute approximate surface area is 136 Å². The number of hydrogen-bond donors (Lipinski definition) is 1. The minimum atomic E-state index is -0.269. The van der Waals surface area contributed by atoms with Crippen LogP contribution in [0, 0.1) is 0 Å². The Morgan fingerprint density at radius 2 is 1.95 bits per heavy atom. The molecule has 0 saturated heterocycles. The molecule has 5 heteroatoms. The van der Waals surface area contributed by atoms with Crippen LogP contribution in [0.3, 0.4) is 0 Å². The quantitative estimate of drug-likeness (QED) is 0.749. The van der Waals surface area contributed by atoms with Gasteiger partial charge in [-0.15, -0.1) is 0 Å². The Bertz CT molecular complexity index is 658. The van der Waals surface area contributed by atoms with Crippen LogP contribution in [0.1, 0.15) is 22.8 Å². The van der Waals surface area contributed by atoms with Gasteiger partial charge in [0, 0.05) is 15.2 Å². The predicted molar refractivity (Wildman–Crippen MR) is 87.9 cm³/mol. The molecule has 0 heterocycles. The van der Waals surface area contributed by atoms with Gasteiger partial charge in [-0.1, -0.05) is 46.1 Å². The number of anilines is 1. The van der Waals surface area contributed by atoms with E-state index in [2.05, 4.69) is 21.2 Å². The van der Waals surface area contributed by atoms with Crippen molar-refractivity contribution in [1.82, 2.24) is 0 Å². The summed E-state index contributed by atoms with van der Waals surface area (Å²) in [6.07, 6.45) is 0.818. The first-order chi connectivity index (χ1) is 9.51. The van der Waals surface area contributed by atoms with Crippen LogP contribution in [-0.4, -0.2) is 5.91 Å². The molecule has 0 spiro atoms. The van der Waals surface area contributed by atoms with Crippen molar-refractivity contribution in [2.45, 2.75) is 13.3 Å². The number of amides is 1. The van der Waals surface area contributed by atoms with Crippen molar-refractivity contribution >= 4 is 50.7 Å². The molecule has 1 N–H and O–H groups in total. The van der Waals surface area contributed by atoms with Crippen LogP contribution in [0.25, 0.3) is 0 Å². The lowest BCUT2D eigenvalue weighted by molar-refractivity contribution is 0.102.